The minimum Gasteiger partial charge on any atom is -0.317 e. The Hall–Kier alpha value is -1.28. The molecule has 1 saturated heterocycles. The van der Waals surface area contributed by atoms with Crippen LogP contribution < -0.4 is 10.6 Å². The van der Waals surface area contributed by atoms with E-state index in [9.17, 15) is 4.79 Å². The van der Waals surface area contributed by atoms with Gasteiger partial charge in [0.25, 0.3) is 0 Å². The van der Waals surface area contributed by atoms with Crippen molar-refractivity contribution in [2.75, 3.05) is 18.4 Å². The van der Waals surface area contributed by atoms with E-state index >= 15 is 0 Å². The molecule has 2 N–H and O–H groups in total. The van der Waals surface area contributed by atoms with Crippen molar-refractivity contribution in [3.8, 4) is 10.7 Å². The summed E-state index contributed by atoms with van der Waals surface area (Å²) in [6.45, 7) is 2.13. The smallest absolute Gasteiger partial charge is 0.226 e. The van der Waals surface area contributed by atoms with Gasteiger partial charge < -0.3 is 10.6 Å². The molecule has 9 heteroatoms. The molecule has 0 aliphatic carbocycles. The highest BCUT2D eigenvalue weighted by Crippen LogP contribution is 2.25. The first-order chi connectivity index (χ1) is 10.8. The van der Waals surface area contributed by atoms with Crippen LogP contribution in [0.5, 0.6) is 0 Å². The van der Waals surface area contributed by atoms with E-state index < -0.39 is 0 Å². The summed E-state index contributed by atoms with van der Waals surface area (Å²) >= 11 is 1.35. The van der Waals surface area contributed by atoms with Gasteiger partial charge in [-0.15, -0.1) is 35.0 Å². The predicted molar refractivity (Wildman–Crippen MR) is 101 cm³/mol. The van der Waals surface area contributed by atoms with E-state index in [0.717, 1.165) is 38.0 Å². The molecule has 6 nitrogen and oxygen atoms in total. The summed E-state index contributed by atoms with van der Waals surface area (Å²) in [4.78, 5) is 16.2. The first kappa shape index (κ1) is 20.8. The Bertz CT molecular complexity index is 619. The number of hydrogen-bond acceptors (Lipinski definition) is 6. The Labute approximate surface area is 157 Å². The largest absolute Gasteiger partial charge is 0.317 e. The van der Waals surface area contributed by atoms with Crippen molar-refractivity contribution < 1.29 is 4.79 Å². The fourth-order valence-corrected chi connectivity index (χ4v) is 3.29. The number of nitrogens with zero attached hydrogens (tertiary/aromatic N) is 3. The van der Waals surface area contributed by atoms with Crippen LogP contribution in [0.3, 0.4) is 0 Å². The van der Waals surface area contributed by atoms with Crippen molar-refractivity contribution in [1.82, 2.24) is 20.5 Å². The highest BCUT2D eigenvalue weighted by molar-refractivity contribution is 7.18. The van der Waals surface area contributed by atoms with Gasteiger partial charge in [-0.25, -0.2) is 0 Å². The van der Waals surface area contributed by atoms with E-state index in [1.807, 2.05) is 18.2 Å². The third-order valence-electron chi connectivity index (χ3n) is 3.79. The van der Waals surface area contributed by atoms with Crippen LogP contribution in [0.1, 0.15) is 25.7 Å². The van der Waals surface area contributed by atoms with Crippen molar-refractivity contribution in [3.05, 3.63) is 24.4 Å². The summed E-state index contributed by atoms with van der Waals surface area (Å²) in [5.74, 6) is 0.674. The molecule has 132 valence electrons. The zero-order valence-corrected chi connectivity index (χ0v) is 15.6. The number of carbonyl (C=O) groups is 1. The summed E-state index contributed by atoms with van der Waals surface area (Å²) in [5, 5.41) is 15.5. The van der Waals surface area contributed by atoms with Crippen LogP contribution in [0.25, 0.3) is 10.7 Å². The van der Waals surface area contributed by atoms with Crippen LogP contribution >= 0.6 is 36.2 Å². The van der Waals surface area contributed by atoms with Crippen molar-refractivity contribution in [1.29, 1.82) is 0 Å². The molecule has 24 heavy (non-hydrogen) atoms. The van der Waals surface area contributed by atoms with Gasteiger partial charge in [0.05, 0.1) is 0 Å². The van der Waals surface area contributed by atoms with E-state index in [0.29, 0.717) is 22.5 Å². The summed E-state index contributed by atoms with van der Waals surface area (Å²) in [5.41, 5.74) is 0.773. The molecule has 1 amide bonds. The number of nitrogens with one attached hydrogen (secondary N) is 2. The number of halogens is 2. The van der Waals surface area contributed by atoms with E-state index in [1.54, 1.807) is 6.20 Å². The van der Waals surface area contributed by atoms with Gasteiger partial charge in [-0.1, -0.05) is 17.4 Å². The highest BCUT2D eigenvalue weighted by Gasteiger charge is 2.15. The molecule has 0 radical (unpaired) electrons. The van der Waals surface area contributed by atoms with Gasteiger partial charge in [0.15, 0.2) is 5.01 Å². The van der Waals surface area contributed by atoms with Crippen LogP contribution in [-0.2, 0) is 4.79 Å². The van der Waals surface area contributed by atoms with Crippen LogP contribution in [0, 0.1) is 5.92 Å². The standard InChI is InChI=1S/C15H19N5OS.2ClH/c21-13(5-4-11-6-9-16-10-7-11)18-15-20-19-14(22-15)12-3-1-2-8-17-12;;/h1-3,8,11,16H,4-7,9-10H2,(H,18,20,21);2*1H. The normalized spacial score (nSPS) is 14.3. The fraction of sp³-hybridized carbons (Fsp3) is 0.467. The van der Waals surface area contributed by atoms with Gasteiger partial charge in [0.2, 0.25) is 11.0 Å². The molecule has 1 aliphatic heterocycles. The van der Waals surface area contributed by atoms with Crippen LogP contribution in [0.2, 0.25) is 0 Å². The average molecular weight is 390 g/mol. The maximum atomic E-state index is 12.0. The second-order valence-corrected chi connectivity index (χ2v) is 6.39. The monoisotopic (exact) mass is 389 g/mol. The second-order valence-electron chi connectivity index (χ2n) is 5.41. The van der Waals surface area contributed by atoms with Gasteiger partial charge in [0.1, 0.15) is 5.69 Å². The van der Waals surface area contributed by atoms with E-state index in [2.05, 4.69) is 25.8 Å². The minimum atomic E-state index is 0. The number of hydrogen-bond donors (Lipinski definition) is 2. The molecule has 2 aromatic rings. The maximum absolute atomic E-state index is 12.0. The molecule has 3 heterocycles. The number of piperidine rings is 1. The average Bonchev–Trinajstić information content (AvgIpc) is 3.03. The van der Waals surface area contributed by atoms with Crippen molar-refractivity contribution in [2.24, 2.45) is 5.92 Å². The van der Waals surface area contributed by atoms with E-state index in [-0.39, 0.29) is 30.7 Å². The summed E-state index contributed by atoms with van der Waals surface area (Å²) in [6.07, 6.45) is 5.53. The van der Waals surface area contributed by atoms with E-state index in [1.165, 1.54) is 11.3 Å². The number of amides is 1. The van der Waals surface area contributed by atoms with Gasteiger partial charge in [-0.05, 0) is 50.4 Å². The lowest BCUT2D eigenvalue weighted by atomic mass is 9.93. The van der Waals surface area contributed by atoms with Crippen molar-refractivity contribution >= 4 is 47.2 Å². The van der Waals surface area contributed by atoms with Gasteiger partial charge in [0, 0.05) is 12.6 Å². The molecule has 0 unspecified atom stereocenters. The Morgan fingerprint density at radius 1 is 1.25 bits per heavy atom. The van der Waals surface area contributed by atoms with Crippen molar-refractivity contribution in [3.63, 3.8) is 0 Å². The topological polar surface area (TPSA) is 79.8 Å². The Morgan fingerprint density at radius 2 is 2.04 bits per heavy atom. The zero-order valence-electron chi connectivity index (χ0n) is 13.1. The Morgan fingerprint density at radius 3 is 2.75 bits per heavy atom. The molecular weight excluding hydrogens is 369 g/mol. The Kier molecular flexibility index (Phi) is 9.13. The summed E-state index contributed by atoms with van der Waals surface area (Å²) in [6, 6.07) is 5.64. The maximum Gasteiger partial charge on any atom is 0.226 e. The summed E-state index contributed by atoms with van der Waals surface area (Å²) in [7, 11) is 0. The molecule has 0 bridgehead atoms. The summed E-state index contributed by atoms with van der Waals surface area (Å²) < 4.78 is 0. The highest BCUT2D eigenvalue weighted by atomic mass is 35.5. The lowest BCUT2D eigenvalue weighted by molar-refractivity contribution is -0.116. The van der Waals surface area contributed by atoms with Crippen LogP contribution in [-0.4, -0.2) is 34.2 Å². The van der Waals surface area contributed by atoms with E-state index in [4.69, 9.17) is 0 Å². The van der Waals surface area contributed by atoms with Crippen LogP contribution in [0.4, 0.5) is 5.13 Å². The lowest BCUT2D eigenvalue weighted by Gasteiger charge is -2.21. The number of anilines is 1. The molecule has 3 rings (SSSR count). The Balaban J connectivity index is 0.00000144. The number of pyridine rings is 1. The number of aromatic nitrogens is 3. The van der Waals surface area contributed by atoms with Crippen molar-refractivity contribution in [2.45, 2.75) is 25.7 Å². The third-order valence-corrected chi connectivity index (χ3v) is 4.65. The molecule has 1 fully saturated rings. The lowest BCUT2D eigenvalue weighted by Crippen LogP contribution is -2.28. The molecule has 2 aromatic heterocycles. The molecule has 0 spiro atoms. The second kappa shape index (κ2) is 10.6. The minimum absolute atomic E-state index is 0. The molecule has 0 aromatic carbocycles. The van der Waals surface area contributed by atoms with Crippen LogP contribution in [0.15, 0.2) is 24.4 Å². The fourth-order valence-electron chi connectivity index (χ4n) is 2.55. The quantitative estimate of drug-likeness (QED) is 0.820. The zero-order chi connectivity index (χ0) is 15.2. The number of rotatable bonds is 5. The van der Waals surface area contributed by atoms with Gasteiger partial charge in [-0.2, -0.15) is 0 Å². The van der Waals surface area contributed by atoms with Gasteiger partial charge in [-0.3, -0.25) is 9.78 Å². The number of carbonyl (C=O) groups excluding carboxylic acids is 1. The predicted octanol–water partition coefficient (Wildman–Crippen LogP) is 3.16. The molecule has 1 aliphatic rings. The first-order valence-corrected chi connectivity index (χ1v) is 8.38. The SMILES string of the molecule is Cl.Cl.O=C(CCC1CCNCC1)Nc1nnc(-c2ccccn2)s1. The third kappa shape index (κ3) is 5.98. The van der Waals surface area contributed by atoms with Gasteiger partial charge >= 0.3 is 0 Å². The molecular formula is C15H21Cl2N5OS. The molecule has 0 atom stereocenters. The molecule has 0 saturated carbocycles. The first-order valence-electron chi connectivity index (χ1n) is 7.57.